The highest BCUT2D eigenvalue weighted by Crippen LogP contribution is 2.29. The summed E-state index contributed by atoms with van der Waals surface area (Å²) in [5, 5.41) is 19.1. The molecule has 1 unspecified atom stereocenters. The monoisotopic (exact) mass is 243 g/mol. The fourth-order valence-electron chi connectivity index (χ4n) is 2.41. The van der Waals surface area contributed by atoms with Gasteiger partial charge in [-0.25, -0.2) is 0 Å². The second-order valence-electron chi connectivity index (χ2n) is 5.78. The number of aliphatic hydroxyl groups is 1. The summed E-state index contributed by atoms with van der Waals surface area (Å²) in [6.07, 6.45) is 5.36. The van der Waals surface area contributed by atoms with Gasteiger partial charge in [0.15, 0.2) is 0 Å². The SMILES string of the molecule is CN(CC(O)CC1CCCC1)C(C)(C)C(=O)O. The van der Waals surface area contributed by atoms with Crippen LogP contribution in [-0.4, -0.2) is 46.3 Å². The first-order valence-electron chi connectivity index (χ1n) is 6.46. The van der Waals surface area contributed by atoms with Gasteiger partial charge in [0.1, 0.15) is 5.54 Å². The normalized spacial score (nSPS) is 19.8. The minimum atomic E-state index is -0.920. The van der Waals surface area contributed by atoms with Gasteiger partial charge < -0.3 is 10.2 Å². The van der Waals surface area contributed by atoms with Crippen molar-refractivity contribution >= 4 is 5.97 Å². The number of rotatable bonds is 6. The number of hydrogen-bond donors (Lipinski definition) is 2. The Morgan fingerprint density at radius 1 is 1.41 bits per heavy atom. The van der Waals surface area contributed by atoms with Gasteiger partial charge in [-0.1, -0.05) is 25.7 Å². The van der Waals surface area contributed by atoms with Crippen LogP contribution in [0, 0.1) is 5.92 Å². The molecule has 0 saturated heterocycles. The maximum atomic E-state index is 11.1. The summed E-state index contributed by atoms with van der Waals surface area (Å²) in [7, 11) is 1.76. The van der Waals surface area contributed by atoms with Crippen LogP contribution in [-0.2, 0) is 4.79 Å². The van der Waals surface area contributed by atoms with E-state index in [1.807, 2.05) is 0 Å². The lowest BCUT2D eigenvalue weighted by Crippen LogP contribution is -2.50. The molecule has 0 aromatic carbocycles. The first kappa shape index (κ1) is 14.5. The van der Waals surface area contributed by atoms with Crippen molar-refractivity contribution in [3.63, 3.8) is 0 Å². The number of aliphatic hydroxyl groups excluding tert-OH is 1. The second-order valence-corrected chi connectivity index (χ2v) is 5.78. The van der Waals surface area contributed by atoms with E-state index in [1.54, 1.807) is 25.8 Å². The maximum Gasteiger partial charge on any atom is 0.323 e. The molecule has 0 radical (unpaired) electrons. The summed E-state index contributed by atoms with van der Waals surface area (Å²) in [6, 6.07) is 0. The lowest BCUT2D eigenvalue weighted by molar-refractivity contribution is -0.149. The van der Waals surface area contributed by atoms with Crippen LogP contribution >= 0.6 is 0 Å². The molecule has 2 N–H and O–H groups in total. The minimum absolute atomic E-state index is 0.415. The Morgan fingerprint density at radius 2 is 1.94 bits per heavy atom. The molecule has 0 aromatic rings. The van der Waals surface area contributed by atoms with Crippen molar-refractivity contribution in [2.75, 3.05) is 13.6 Å². The zero-order valence-electron chi connectivity index (χ0n) is 11.1. The van der Waals surface area contributed by atoms with Gasteiger partial charge in [0.05, 0.1) is 6.10 Å². The standard InChI is InChI=1S/C13H25NO3/c1-13(2,12(16)17)14(3)9-11(15)8-10-6-4-5-7-10/h10-11,15H,4-9H2,1-3H3,(H,16,17). The summed E-state index contributed by atoms with van der Waals surface area (Å²) >= 11 is 0. The van der Waals surface area contributed by atoms with Crippen molar-refractivity contribution in [2.24, 2.45) is 5.92 Å². The summed E-state index contributed by atoms with van der Waals surface area (Å²) in [6.45, 7) is 3.76. The zero-order chi connectivity index (χ0) is 13.1. The molecular weight excluding hydrogens is 218 g/mol. The molecule has 0 aliphatic heterocycles. The third kappa shape index (κ3) is 3.96. The minimum Gasteiger partial charge on any atom is -0.480 e. The highest BCUT2D eigenvalue weighted by atomic mass is 16.4. The Bertz CT molecular complexity index is 259. The fraction of sp³-hybridized carbons (Fsp3) is 0.923. The summed E-state index contributed by atoms with van der Waals surface area (Å²) in [5.41, 5.74) is -0.920. The van der Waals surface area contributed by atoms with Crippen LogP contribution in [0.4, 0.5) is 0 Å². The van der Waals surface area contributed by atoms with Crippen molar-refractivity contribution in [3.8, 4) is 0 Å². The predicted molar refractivity (Wildman–Crippen MR) is 66.9 cm³/mol. The van der Waals surface area contributed by atoms with E-state index in [2.05, 4.69) is 0 Å². The van der Waals surface area contributed by atoms with E-state index >= 15 is 0 Å². The molecule has 17 heavy (non-hydrogen) atoms. The molecule has 1 fully saturated rings. The van der Waals surface area contributed by atoms with Gasteiger partial charge in [-0.3, -0.25) is 9.69 Å². The van der Waals surface area contributed by atoms with E-state index in [9.17, 15) is 9.90 Å². The Kier molecular flexibility index (Phi) is 4.95. The Balaban J connectivity index is 2.39. The Hall–Kier alpha value is -0.610. The van der Waals surface area contributed by atoms with Gasteiger partial charge >= 0.3 is 5.97 Å². The molecule has 1 aliphatic rings. The molecule has 1 saturated carbocycles. The number of aliphatic carboxylic acids is 1. The van der Waals surface area contributed by atoms with Gasteiger partial charge in [0, 0.05) is 6.54 Å². The molecule has 4 heteroatoms. The number of nitrogens with zero attached hydrogens (tertiary/aromatic N) is 1. The van der Waals surface area contributed by atoms with E-state index in [0.29, 0.717) is 12.5 Å². The van der Waals surface area contributed by atoms with E-state index in [-0.39, 0.29) is 0 Å². The number of carboxylic acid groups (broad SMARTS) is 1. The molecule has 0 heterocycles. The molecular formula is C13H25NO3. The fourth-order valence-corrected chi connectivity index (χ4v) is 2.41. The van der Waals surface area contributed by atoms with E-state index in [1.165, 1.54) is 25.7 Å². The topological polar surface area (TPSA) is 60.8 Å². The van der Waals surface area contributed by atoms with Crippen molar-refractivity contribution in [1.29, 1.82) is 0 Å². The first-order chi connectivity index (χ1) is 7.84. The lowest BCUT2D eigenvalue weighted by Gasteiger charge is -2.33. The zero-order valence-corrected chi connectivity index (χ0v) is 11.1. The largest absolute Gasteiger partial charge is 0.480 e. The number of β-amino-alcohol motifs (C(OH)–C–C–N with tert-alkyl or cyclic N) is 1. The lowest BCUT2D eigenvalue weighted by atomic mass is 9.98. The van der Waals surface area contributed by atoms with E-state index in [0.717, 1.165) is 6.42 Å². The van der Waals surface area contributed by atoms with Gasteiger partial charge in [-0.05, 0) is 33.2 Å². The van der Waals surface area contributed by atoms with Crippen molar-refractivity contribution in [2.45, 2.75) is 57.6 Å². The Labute approximate surface area is 104 Å². The summed E-state index contributed by atoms with van der Waals surface area (Å²) < 4.78 is 0. The third-order valence-corrected chi connectivity index (χ3v) is 4.04. The van der Waals surface area contributed by atoms with Crippen molar-refractivity contribution in [1.82, 2.24) is 4.90 Å². The van der Waals surface area contributed by atoms with Gasteiger partial charge in [-0.15, -0.1) is 0 Å². The van der Waals surface area contributed by atoms with Crippen molar-refractivity contribution in [3.05, 3.63) is 0 Å². The van der Waals surface area contributed by atoms with Crippen LogP contribution in [0.5, 0.6) is 0 Å². The third-order valence-electron chi connectivity index (χ3n) is 4.04. The molecule has 4 nitrogen and oxygen atoms in total. The van der Waals surface area contributed by atoms with Crippen LogP contribution < -0.4 is 0 Å². The van der Waals surface area contributed by atoms with E-state index in [4.69, 9.17) is 5.11 Å². The maximum absolute atomic E-state index is 11.1. The van der Waals surface area contributed by atoms with Crippen LogP contribution in [0.15, 0.2) is 0 Å². The van der Waals surface area contributed by atoms with Crippen LogP contribution in [0.3, 0.4) is 0 Å². The molecule has 0 bridgehead atoms. The van der Waals surface area contributed by atoms with Gasteiger partial charge in [0.2, 0.25) is 0 Å². The van der Waals surface area contributed by atoms with Crippen molar-refractivity contribution < 1.29 is 15.0 Å². The molecule has 1 aliphatic carbocycles. The van der Waals surface area contributed by atoms with E-state index < -0.39 is 17.6 Å². The number of hydrogen-bond acceptors (Lipinski definition) is 3. The summed E-state index contributed by atoms with van der Waals surface area (Å²) in [5.74, 6) is -0.223. The van der Waals surface area contributed by atoms with Crippen LogP contribution in [0.1, 0.15) is 46.0 Å². The predicted octanol–water partition coefficient (Wildman–Crippen LogP) is 1.72. The second kappa shape index (κ2) is 5.83. The van der Waals surface area contributed by atoms with Gasteiger partial charge in [0.25, 0.3) is 0 Å². The molecule has 0 amide bonds. The highest BCUT2D eigenvalue weighted by molar-refractivity contribution is 5.77. The molecule has 100 valence electrons. The number of carbonyl (C=O) groups is 1. The molecule has 0 spiro atoms. The van der Waals surface area contributed by atoms with Crippen LogP contribution in [0.25, 0.3) is 0 Å². The average Bonchev–Trinajstić information content (AvgIpc) is 2.69. The highest BCUT2D eigenvalue weighted by Gasteiger charge is 2.33. The smallest absolute Gasteiger partial charge is 0.323 e. The summed E-state index contributed by atoms with van der Waals surface area (Å²) in [4.78, 5) is 12.8. The number of carboxylic acids is 1. The molecule has 1 atom stereocenters. The average molecular weight is 243 g/mol. The van der Waals surface area contributed by atoms with Crippen LogP contribution in [0.2, 0.25) is 0 Å². The molecule has 1 rings (SSSR count). The first-order valence-corrected chi connectivity index (χ1v) is 6.46. The quantitative estimate of drug-likeness (QED) is 0.745. The Morgan fingerprint density at radius 3 is 2.41 bits per heavy atom. The number of likely N-dealkylation sites (N-methyl/N-ethyl adjacent to an activating group) is 1. The van der Waals surface area contributed by atoms with Gasteiger partial charge in [-0.2, -0.15) is 0 Å². The molecule has 0 aromatic heterocycles.